The van der Waals surface area contributed by atoms with Crippen molar-refractivity contribution < 1.29 is 14.7 Å². The summed E-state index contributed by atoms with van der Waals surface area (Å²) in [6, 6.07) is 11.2. The normalized spacial score (nSPS) is 14.6. The molecule has 0 bridgehead atoms. The average Bonchev–Trinajstić information content (AvgIpc) is 2.70. The Bertz CT molecular complexity index is 908. The number of nitrogens with zero attached hydrogens (tertiary/aromatic N) is 1. The molecule has 2 amide bonds. The van der Waals surface area contributed by atoms with Crippen molar-refractivity contribution in [1.82, 2.24) is 4.90 Å². The van der Waals surface area contributed by atoms with Crippen LogP contribution >= 0.6 is 15.9 Å². The van der Waals surface area contributed by atoms with Gasteiger partial charge in [0.2, 0.25) is 5.91 Å². The van der Waals surface area contributed by atoms with E-state index in [1.54, 1.807) is 11.0 Å². The molecule has 1 aliphatic heterocycles. The van der Waals surface area contributed by atoms with Crippen LogP contribution in [-0.4, -0.2) is 47.6 Å². The van der Waals surface area contributed by atoms with Crippen molar-refractivity contribution in [1.29, 1.82) is 0 Å². The van der Waals surface area contributed by atoms with Crippen LogP contribution in [0.1, 0.15) is 34.3 Å². The van der Waals surface area contributed by atoms with E-state index in [-0.39, 0.29) is 24.5 Å². The number of aryl methyl sites for hydroxylation is 2. The first-order valence-electron chi connectivity index (χ1n) is 9.72. The van der Waals surface area contributed by atoms with E-state index >= 15 is 0 Å². The second-order valence-corrected chi connectivity index (χ2v) is 8.24. The lowest BCUT2D eigenvalue weighted by molar-refractivity contribution is -0.114. The lowest BCUT2D eigenvalue weighted by atomic mass is 10.0. The van der Waals surface area contributed by atoms with Crippen LogP contribution in [0, 0.1) is 13.8 Å². The standard InChI is InChI=1S/C22H26BrN3O3/c1-14-4-3-5-18(22(29)26-10-8-17(27)9-11-26)21(14)24-13-20(28)25-16-6-7-19(23)15(2)12-16/h3-7,12,17,24,27H,8-11,13H2,1-2H3,(H,25,28). The van der Waals surface area contributed by atoms with Crippen molar-refractivity contribution in [3.05, 3.63) is 57.6 Å². The fourth-order valence-corrected chi connectivity index (χ4v) is 3.66. The number of hydrogen-bond donors (Lipinski definition) is 3. The molecular weight excluding hydrogens is 434 g/mol. The maximum Gasteiger partial charge on any atom is 0.255 e. The number of carbonyl (C=O) groups excluding carboxylic acids is 2. The molecule has 154 valence electrons. The third-order valence-electron chi connectivity index (χ3n) is 5.12. The third kappa shape index (κ3) is 5.36. The van der Waals surface area contributed by atoms with E-state index in [9.17, 15) is 14.7 Å². The van der Waals surface area contributed by atoms with Crippen LogP contribution in [0.2, 0.25) is 0 Å². The monoisotopic (exact) mass is 459 g/mol. The highest BCUT2D eigenvalue weighted by molar-refractivity contribution is 9.10. The van der Waals surface area contributed by atoms with Crippen LogP contribution < -0.4 is 10.6 Å². The Morgan fingerprint density at radius 1 is 1.14 bits per heavy atom. The minimum Gasteiger partial charge on any atom is -0.393 e. The lowest BCUT2D eigenvalue weighted by Crippen LogP contribution is -2.40. The second kappa shape index (κ2) is 9.41. The van der Waals surface area contributed by atoms with Gasteiger partial charge in [-0.05, 0) is 62.1 Å². The number of hydrogen-bond acceptors (Lipinski definition) is 4. The zero-order valence-corrected chi connectivity index (χ0v) is 18.3. The molecule has 6 nitrogen and oxygen atoms in total. The summed E-state index contributed by atoms with van der Waals surface area (Å²) < 4.78 is 0.988. The van der Waals surface area contributed by atoms with Crippen molar-refractivity contribution in [3.63, 3.8) is 0 Å². The fourth-order valence-electron chi connectivity index (χ4n) is 3.42. The van der Waals surface area contributed by atoms with E-state index in [2.05, 4.69) is 26.6 Å². The lowest BCUT2D eigenvalue weighted by Gasteiger charge is -2.30. The number of aliphatic hydroxyl groups excluding tert-OH is 1. The first-order chi connectivity index (χ1) is 13.8. The quantitative estimate of drug-likeness (QED) is 0.636. The van der Waals surface area contributed by atoms with Crippen molar-refractivity contribution in [2.75, 3.05) is 30.3 Å². The predicted octanol–water partition coefficient (Wildman–Crippen LogP) is 3.71. The molecule has 2 aromatic rings. The summed E-state index contributed by atoms with van der Waals surface area (Å²) in [5.41, 5.74) is 3.89. The van der Waals surface area contributed by atoms with E-state index in [1.165, 1.54) is 0 Å². The molecule has 1 heterocycles. The molecule has 0 unspecified atom stereocenters. The molecule has 3 N–H and O–H groups in total. The Labute approximate surface area is 179 Å². The van der Waals surface area contributed by atoms with Gasteiger partial charge in [-0.1, -0.05) is 28.1 Å². The topological polar surface area (TPSA) is 81.7 Å². The summed E-state index contributed by atoms with van der Waals surface area (Å²) in [6.07, 6.45) is 0.852. The first kappa shape index (κ1) is 21.3. The molecule has 0 aromatic heterocycles. The largest absolute Gasteiger partial charge is 0.393 e. The second-order valence-electron chi connectivity index (χ2n) is 7.39. The number of nitrogens with one attached hydrogen (secondary N) is 2. The molecule has 3 rings (SSSR count). The third-order valence-corrected chi connectivity index (χ3v) is 6.01. The van der Waals surface area contributed by atoms with Gasteiger partial charge in [0.15, 0.2) is 0 Å². The molecule has 0 radical (unpaired) electrons. The van der Waals surface area contributed by atoms with Crippen molar-refractivity contribution in [3.8, 4) is 0 Å². The summed E-state index contributed by atoms with van der Waals surface area (Å²) in [4.78, 5) is 27.1. The number of benzene rings is 2. The van der Waals surface area contributed by atoms with Crippen molar-refractivity contribution >= 4 is 39.1 Å². The summed E-state index contributed by atoms with van der Waals surface area (Å²) in [5, 5.41) is 15.7. The first-order valence-corrected chi connectivity index (χ1v) is 10.5. The molecule has 29 heavy (non-hydrogen) atoms. The van der Waals surface area contributed by atoms with Crippen LogP contribution in [-0.2, 0) is 4.79 Å². The molecule has 0 aliphatic carbocycles. The molecule has 1 fully saturated rings. The minimum absolute atomic E-state index is 0.0545. The fraction of sp³-hybridized carbons (Fsp3) is 0.364. The van der Waals surface area contributed by atoms with Crippen molar-refractivity contribution in [2.24, 2.45) is 0 Å². The predicted molar refractivity (Wildman–Crippen MR) is 118 cm³/mol. The Hall–Kier alpha value is -2.38. The number of aliphatic hydroxyl groups is 1. The van der Waals surface area contributed by atoms with Gasteiger partial charge in [-0.3, -0.25) is 9.59 Å². The number of para-hydroxylation sites is 1. The van der Waals surface area contributed by atoms with Crippen LogP contribution in [0.4, 0.5) is 11.4 Å². The van der Waals surface area contributed by atoms with Crippen LogP contribution in [0.15, 0.2) is 40.9 Å². The number of rotatable bonds is 5. The van der Waals surface area contributed by atoms with E-state index in [4.69, 9.17) is 0 Å². The molecule has 1 aliphatic rings. The van der Waals surface area contributed by atoms with Crippen LogP contribution in [0.5, 0.6) is 0 Å². The highest BCUT2D eigenvalue weighted by atomic mass is 79.9. The summed E-state index contributed by atoms with van der Waals surface area (Å²) in [7, 11) is 0. The van der Waals surface area contributed by atoms with Gasteiger partial charge in [-0.25, -0.2) is 0 Å². The number of likely N-dealkylation sites (tertiary alicyclic amines) is 1. The maximum absolute atomic E-state index is 13.0. The van der Waals surface area contributed by atoms with Gasteiger partial charge in [0.05, 0.1) is 23.9 Å². The number of anilines is 2. The van der Waals surface area contributed by atoms with E-state index < -0.39 is 0 Å². The zero-order valence-electron chi connectivity index (χ0n) is 16.7. The highest BCUT2D eigenvalue weighted by Gasteiger charge is 2.24. The zero-order chi connectivity index (χ0) is 21.0. The number of piperidine rings is 1. The average molecular weight is 460 g/mol. The van der Waals surface area contributed by atoms with Crippen LogP contribution in [0.25, 0.3) is 0 Å². The number of halogens is 1. The number of carbonyl (C=O) groups is 2. The summed E-state index contributed by atoms with van der Waals surface area (Å²) in [6.45, 7) is 5.00. The van der Waals surface area contributed by atoms with Gasteiger partial charge in [0.1, 0.15) is 0 Å². The molecule has 7 heteroatoms. The van der Waals surface area contributed by atoms with E-state index in [0.29, 0.717) is 37.2 Å². The molecule has 2 aromatic carbocycles. The summed E-state index contributed by atoms with van der Waals surface area (Å²) in [5.74, 6) is -0.262. The Morgan fingerprint density at radius 3 is 2.55 bits per heavy atom. The Kier molecular flexibility index (Phi) is 6.92. The molecule has 0 atom stereocenters. The SMILES string of the molecule is Cc1cc(NC(=O)CNc2c(C)cccc2C(=O)N2CCC(O)CC2)ccc1Br. The summed E-state index contributed by atoms with van der Waals surface area (Å²) >= 11 is 3.45. The Balaban J connectivity index is 1.68. The molecule has 0 spiro atoms. The Morgan fingerprint density at radius 2 is 1.86 bits per heavy atom. The van der Waals surface area contributed by atoms with Gasteiger partial charge in [-0.2, -0.15) is 0 Å². The van der Waals surface area contributed by atoms with E-state index in [0.717, 1.165) is 21.3 Å². The molecule has 1 saturated heterocycles. The van der Waals surface area contributed by atoms with E-state index in [1.807, 2.05) is 44.2 Å². The van der Waals surface area contributed by atoms with Gasteiger partial charge >= 0.3 is 0 Å². The van der Waals surface area contributed by atoms with Crippen LogP contribution in [0.3, 0.4) is 0 Å². The maximum atomic E-state index is 13.0. The highest BCUT2D eigenvalue weighted by Crippen LogP contribution is 2.24. The molecule has 0 saturated carbocycles. The smallest absolute Gasteiger partial charge is 0.255 e. The molecular formula is C22H26BrN3O3. The minimum atomic E-state index is -0.333. The van der Waals surface area contributed by atoms with Gasteiger partial charge in [0.25, 0.3) is 5.91 Å². The van der Waals surface area contributed by atoms with Crippen molar-refractivity contribution in [2.45, 2.75) is 32.8 Å². The van der Waals surface area contributed by atoms with Gasteiger partial charge < -0.3 is 20.6 Å². The van der Waals surface area contributed by atoms with Gasteiger partial charge in [-0.15, -0.1) is 0 Å². The van der Waals surface area contributed by atoms with Gasteiger partial charge in [0, 0.05) is 23.2 Å². The number of amides is 2.